The molecule has 0 bridgehead atoms. The number of nitro groups is 1. The Balaban J connectivity index is 1.72. The zero-order valence-corrected chi connectivity index (χ0v) is 15.0. The number of carbonyl (C=O) groups is 1. The number of halogens is 4. The molecule has 0 aliphatic carbocycles. The fourth-order valence-electron chi connectivity index (χ4n) is 2.89. The van der Waals surface area contributed by atoms with Gasteiger partial charge in [0.25, 0.3) is 11.6 Å². The molecule has 12 heteroatoms. The third-order valence-corrected chi connectivity index (χ3v) is 4.51. The van der Waals surface area contributed by atoms with Crippen LogP contribution in [0.2, 0.25) is 5.02 Å². The van der Waals surface area contributed by atoms with Crippen molar-refractivity contribution in [2.75, 3.05) is 13.2 Å². The van der Waals surface area contributed by atoms with E-state index < -0.39 is 22.7 Å². The van der Waals surface area contributed by atoms with Crippen molar-refractivity contribution in [2.24, 2.45) is 0 Å². The lowest BCUT2D eigenvalue weighted by Gasteiger charge is -2.15. The molecule has 2 aromatic rings. The van der Waals surface area contributed by atoms with Gasteiger partial charge in [0.1, 0.15) is 0 Å². The van der Waals surface area contributed by atoms with Crippen molar-refractivity contribution in [1.82, 2.24) is 15.1 Å². The third-order valence-electron chi connectivity index (χ3n) is 4.18. The highest BCUT2D eigenvalue weighted by Crippen LogP contribution is 2.34. The molecule has 2 heterocycles. The number of alkyl halides is 3. The zero-order valence-electron chi connectivity index (χ0n) is 14.3. The highest BCUT2D eigenvalue weighted by molar-refractivity contribution is 6.33. The van der Waals surface area contributed by atoms with E-state index in [1.807, 2.05) is 0 Å². The van der Waals surface area contributed by atoms with Gasteiger partial charge < -0.3 is 10.1 Å². The monoisotopic (exact) mass is 418 g/mol. The van der Waals surface area contributed by atoms with E-state index in [9.17, 15) is 28.1 Å². The van der Waals surface area contributed by atoms with Gasteiger partial charge in [0.15, 0.2) is 5.69 Å². The molecule has 0 spiro atoms. The van der Waals surface area contributed by atoms with Gasteiger partial charge in [-0.1, -0.05) is 11.6 Å². The SMILES string of the molecule is O=C(NCCn1nc(C(F)(F)F)c2c1CCOC2)c1cc([N+](=O)[O-])ccc1Cl. The predicted octanol–water partition coefficient (Wildman–Crippen LogP) is 2.97. The minimum atomic E-state index is -4.60. The van der Waals surface area contributed by atoms with Gasteiger partial charge >= 0.3 is 6.18 Å². The standard InChI is InChI=1S/C16H14ClF3N4O4/c17-12-2-1-9(24(26)27)7-10(12)15(25)21-4-5-23-13-3-6-28-8-11(13)14(22-23)16(18,19)20/h1-2,7H,3-6,8H2,(H,21,25). The number of amides is 1. The van der Waals surface area contributed by atoms with Crippen LogP contribution in [0.15, 0.2) is 18.2 Å². The first kappa shape index (κ1) is 20.1. The number of hydrogen-bond acceptors (Lipinski definition) is 5. The number of ether oxygens (including phenoxy) is 1. The molecule has 1 amide bonds. The van der Waals surface area contributed by atoms with Crippen LogP contribution in [0.4, 0.5) is 18.9 Å². The van der Waals surface area contributed by atoms with Crippen molar-refractivity contribution in [3.05, 3.63) is 55.9 Å². The Morgan fingerprint density at radius 1 is 1.43 bits per heavy atom. The van der Waals surface area contributed by atoms with Crippen LogP contribution in [0.1, 0.15) is 27.3 Å². The van der Waals surface area contributed by atoms with E-state index in [4.69, 9.17) is 16.3 Å². The van der Waals surface area contributed by atoms with E-state index >= 15 is 0 Å². The van der Waals surface area contributed by atoms with Crippen LogP contribution in [0, 0.1) is 10.1 Å². The molecule has 1 aliphatic rings. The second kappa shape index (κ2) is 7.76. The smallest absolute Gasteiger partial charge is 0.376 e. The molecule has 0 fully saturated rings. The van der Waals surface area contributed by atoms with Gasteiger partial charge in [-0.15, -0.1) is 0 Å². The van der Waals surface area contributed by atoms with Crippen molar-refractivity contribution in [1.29, 1.82) is 0 Å². The molecule has 1 N–H and O–H groups in total. The fraction of sp³-hybridized carbons (Fsp3) is 0.375. The lowest BCUT2D eigenvalue weighted by atomic mass is 10.1. The summed E-state index contributed by atoms with van der Waals surface area (Å²) in [6, 6.07) is 3.43. The van der Waals surface area contributed by atoms with Crippen molar-refractivity contribution in [3.8, 4) is 0 Å². The van der Waals surface area contributed by atoms with E-state index in [2.05, 4.69) is 10.4 Å². The normalized spacial score (nSPS) is 13.9. The first-order valence-corrected chi connectivity index (χ1v) is 8.52. The Morgan fingerprint density at radius 2 is 2.18 bits per heavy atom. The van der Waals surface area contributed by atoms with Crippen molar-refractivity contribution < 1.29 is 27.6 Å². The molecule has 1 aliphatic heterocycles. The minimum Gasteiger partial charge on any atom is -0.376 e. The average molecular weight is 419 g/mol. The quantitative estimate of drug-likeness (QED) is 0.594. The van der Waals surface area contributed by atoms with E-state index in [-0.39, 0.29) is 54.6 Å². The summed E-state index contributed by atoms with van der Waals surface area (Å²) in [7, 11) is 0. The number of carbonyl (C=O) groups excluding carboxylic acids is 1. The number of non-ortho nitro benzene ring substituents is 1. The van der Waals surface area contributed by atoms with Crippen LogP contribution in [0.5, 0.6) is 0 Å². The highest BCUT2D eigenvalue weighted by Gasteiger charge is 2.39. The van der Waals surface area contributed by atoms with Gasteiger partial charge in [-0.25, -0.2) is 0 Å². The number of hydrogen-bond donors (Lipinski definition) is 1. The van der Waals surface area contributed by atoms with Gasteiger partial charge in [-0.05, 0) is 6.07 Å². The van der Waals surface area contributed by atoms with Crippen molar-refractivity contribution in [3.63, 3.8) is 0 Å². The third kappa shape index (κ3) is 4.09. The lowest BCUT2D eigenvalue weighted by Crippen LogP contribution is -2.28. The highest BCUT2D eigenvalue weighted by atomic mass is 35.5. The van der Waals surface area contributed by atoms with E-state index in [0.29, 0.717) is 5.69 Å². The molecule has 8 nitrogen and oxygen atoms in total. The molecule has 150 valence electrons. The molecule has 0 atom stereocenters. The Hall–Kier alpha value is -2.66. The number of nitrogens with zero attached hydrogens (tertiary/aromatic N) is 3. The Morgan fingerprint density at radius 3 is 2.86 bits per heavy atom. The van der Waals surface area contributed by atoms with E-state index in [0.717, 1.165) is 12.1 Å². The summed E-state index contributed by atoms with van der Waals surface area (Å²) in [5, 5.41) is 17.0. The molecular formula is C16H14ClF3N4O4. The molecule has 1 aromatic carbocycles. The van der Waals surface area contributed by atoms with Gasteiger partial charge in [-0.2, -0.15) is 18.3 Å². The number of rotatable bonds is 5. The maximum Gasteiger partial charge on any atom is 0.435 e. The summed E-state index contributed by atoms with van der Waals surface area (Å²) in [4.78, 5) is 22.4. The largest absolute Gasteiger partial charge is 0.435 e. The molecule has 0 saturated carbocycles. The van der Waals surface area contributed by atoms with Crippen LogP contribution < -0.4 is 5.32 Å². The van der Waals surface area contributed by atoms with Crippen LogP contribution in [0.3, 0.4) is 0 Å². The number of aromatic nitrogens is 2. The van der Waals surface area contributed by atoms with Crippen LogP contribution in [-0.2, 0) is 30.5 Å². The summed E-state index contributed by atoms with van der Waals surface area (Å²) >= 11 is 5.90. The summed E-state index contributed by atoms with van der Waals surface area (Å²) in [5.41, 5.74) is -0.962. The maximum atomic E-state index is 13.1. The van der Waals surface area contributed by atoms with E-state index in [1.54, 1.807) is 0 Å². The topological polar surface area (TPSA) is 99.3 Å². The number of fused-ring (bicyclic) bond motifs is 1. The molecule has 0 radical (unpaired) electrons. The van der Waals surface area contributed by atoms with E-state index in [1.165, 1.54) is 10.7 Å². The predicted molar refractivity (Wildman–Crippen MR) is 91.0 cm³/mol. The Kier molecular flexibility index (Phi) is 5.57. The molecule has 3 rings (SSSR count). The Labute approximate surface area is 161 Å². The summed E-state index contributed by atoms with van der Waals surface area (Å²) in [6.45, 7) is 0.0757. The molecule has 0 unspecified atom stereocenters. The second-order valence-corrected chi connectivity index (χ2v) is 6.38. The van der Waals surface area contributed by atoms with Crippen molar-refractivity contribution in [2.45, 2.75) is 25.7 Å². The van der Waals surface area contributed by atoms with Crippen molar-refractivity contribution >= 4 is 23.2 Å². The van der Waals surface area contributed by atoms with Gasteiger partial charge in [0.05, 0.1) is 35.3 Å². The average Bonchev–Trinajstić information content (AvgIpc) is 3.01. The summed E-state index contributed by atoms with van der Waals surface area (Å²) in [5.74, 6) is -0.672. The van der Waals surface area contributed by atoms with Crippen LogP contribution in [0.25, 0.3) is 0 Å². The fourth-order valence-corrected chi connectivity index (χ4v) is 3.10. The first-order chi connectivity index (χ1) is 13.2. The van der Waals surface area contributed by atoms with Crippen LogP contribution >= 0.6 is 11.6 Å². The molecule has 1 aromatic heterocycles. The lowest BCUT2D eigenvalue weighted by molar-refractivity contribution is -0.384. The number of benzene rings is 1. The number of nitrogens with one attached hydrogen (secondary N) is 1. The maximum absolute atomic E-state index is 13.1. The first-order valence-electron chi connectivity index (χ1n) is 8.14. The zero-order chi connectivity index (χ0) is 20.5. The molecule has 28 heavy (non-hydrogen) atoms. The van der Waals surface area contributed by atoms with Gasteiger partial charge in [0.2, 0.25) is 0 Å². The second-order valence-electron chi connectivity index (χ2n) is 5.97. The minimum absolute atomic E-state index is 0.00327. The molecular weight excluding hydrogens is 405 g/mol. The van der Waals surface area contributed by atoms with Gasteiger partial charge in [0, 0.05) is 36.4 Å². The van der Waals surface area contributed by atoms with Gasteiger partial charge in [-0.3, -0.25) is 19.6 Å². The molecule has 0 saturated heterocycles. The van der Waals surface area contributed by atoms with Crippen LogP contribution in [-0.4, -0.2) is 33.8 Å². The number of nitro benzene ring substituents is 1. The summed E-state index contributed by atoms with van der Waals surface area (Å²) in [6.07, 6.45) is -4.32. The summed E-state index contributed by atoms with van der Waals surface area (Å²) < 4.78 is 45.7. The Bertz CT molecular complexity index is 929.